The average molecular weight is 366 g/mol. The van der Waals surface area contributed by atoms with Crippen molar-refractivity contribution in [1.29, 1.82) is 0 Å². The minimum Gasteiger partial charge on any atom is -0.341 e. The van der Waals surface area contributed by atoms with E-state index in [2.05, 4.69) is 4.98 Å². The van der Waals surface area contributed by atoms with Gasteiger partial charge in [0.05, 0.1) is 0 Å². The van der Waals surface area contributed by atoms with Gasteiger partial charge in [-0.3, -0.25) is 9.59 Å². The first-order valence-corrected chi connectivity index (χ1v) is 8.48. The fourth-order valence-corrected chi connectivity index (χ4v) is 3.42. The van der Waals surface area contributed by atoms with Crippen molar-refractivity contribution in [2.24, 2.45) is 14.1 Å². The minimum atomic E-state index is -0.166. The van der Waals surface area contributed by atoms with Crippen LogP contribution >= 0.6 is 11.6 Å². The highest BCUT2D eigenvalue weighted by Crippen LogP contribution is 2.35. The van der Waals surface area contributed by atoms with Crippen molar-refractivity contribution in [2.75, 3.05) is 0 Å². The molecule has 0 saturated heterocycles. The lowest BCUT2D eigenvalue weighted by atomic mass is 9.95. The molecular weight excluding hydrogens is 350 g/mol. The van der Waals surface area contributed by atoms with Gasteiger partial charge < -0.3 is 14.1 Å². The quantitative estimate of drug-likeness (QED) is 0.590. The van der Waals surface area contributed by atoms with Crippen LogP contribution in [0.4, 0.5) is 0 Å². The summed E-state index contributed by atoms with van der Waals surface area (Å²) in [4.78, 5) is 27.7. The predicted molar refractivity (Wildman–Crippen MR) is 105 cm³/mol. The van der Waals surface area contributed by atoms with Crippen LogP contribution in [0.5, 0.6) is 0 Å². The number of nitrogens with one attached hydrogen (secondary N) is 1. The van der Waals surface area contributed by atoms with Gasteiger partial charge >= 0.3 is 0 Å². The Hall–Kier alpha value is -3.05. The Morgan fingerprint density at radius 2 is 1.58 bits per heavy atom. The van der Waals surface area contributed by atoms with Crippen molar-refractivity contribution in [1.82, 2.24) is 14.1 Å². The number of hydrogen-bond acceptors (Lipinski definition) is 2. The zero-order valence-corrected chi connectivity index (χ0v) is 15.0. The van der Waals surface area contributed by atoms with E-state index in [1.165, 1.54) is 4.57 Å². The van der Waals surface area contributed by atoms with Gasteiger partial charge in [0.1, 0.15) is 10.7 Å². The first kappa shape index (κ1) is 16.4. The van der Waals surface area contributed by atoms with E-state index in [1.807, 2.05) is 36.5 Å². The smallest absolute Gasteiger partial charge is 0.274 e. The minimum absolute atomic E-state index is 0.122. The molecule has 0 aliphatic heterocycles. The number of rotatable bonds is 2. The zero-order valence-electron chi connectivity index (χ0n) is 14.3. The molecule has 3 aromatic heterocycles. The van der Waals surface area contributed by atoms with Gasteiger partial charge in [0, 0.05) is 49.1 Å². The van der Waals surface area contributed by atoms with Crippen LogP contribution in [-0.2, 0) is 14.1 Å². The van der Waals surface area contributed by atoms with Crippen molar-refractivity contribution in [3.05, 3.63) is 80.7 Å². The molecule has 0 aliphatic rings. The highest BCUT2D eigenvalue weighted by atomic mass is 35.5. The normalized spacial score (nSPS) is 11.2. The van der Waals surface area contributed by atoms with Crippen LogP contribution in [0.15, 0.2) is 64.4 Å². The van der Waals surface area contributed by atoms with Crippen LogP contribution < -0.4 is 11.1 Å². The number of aryl methyl sites for hydroxylation is 2. The van der Waals surface area contributed by atoms with Crippen molar-refractivity contribution in [3.63, 3.8) is 0 Å². The van der Waals surface area contributed by atoms with E-state index >= 15 is 0 Å². The number of benzene rings is 1. The van der Waals surface area contributed by atoms with Gasteiger partial charge in [0.2, 0.25) is 0 Å². The molecule has 0 spiro atoms. The van der Waals surface area contributed by atoms with Crippen LogP contribution in [0.25, 0.3) is 33.2 Å². The number of fused-ring (bicyclic) bond motifs is 1. The maximum Gasteiger partial charge on any atom is 0.274 e. The Kier molecular flexibility index (Phi) is 3.81. The maximum atomic E-state index is 12.4. The molecule has 26 heavy (non-hydrogen) atoms. The van der Waals surface area contributed by atoms with Gasteiger partial charge in [0.15, 0.2) is 0 Å². The van der Waals surface area contributed by atoms with Crippen molar-refractivity contribution in [2.45, 2.75) is 0 Å². The van der Waals surface area contributed by atoms with Gasteiger partial charge in [-0.05, 0) is 17.2 Å². The fraction of sp³-hybridized carbons (Fsp3) is 0.100. The second-order valence-corrected chi connectivity index (χ2v) is 6.69. The standard InChI is InChI=1S/C20H16ClN3O2/c1-23-10-15(12-6-4-3-5-7-12)13(9-18(23)25)16-11-24(2)20(26)19-14(16)8-17(21)22-19/h3-11,22H,1-2H3. The second kappa shape index (κ2) is 6.04. The summed E-state index contributed by atoms with van der Waals surface area (Å²) in [6.45, 7) is 0. The van der Waals surface area contributed by atoms with E-state index in [-0.39, 0.29) is 11.1 Å². The zero-order chi connectivity index (χ0) is 18.4. The fourth-order valence-electron chi connectivity index (χ4n) is 3.22. The second-order valence-electron chi connectivity index (χ2n) is 6.28. The molecule has 6 heteroatoms. The van der Waals surface area contributed by atoms with Gasteiger partial charge in [-0.15, -0.1) is 0 Å². The monoisotopic (exact) mass is 365 g/mol. The highest BCUT2D eigenvalue weighted by Gasteiger charge is 2.16. The molecule has 4 rings (SSSR count). The van der Waals surface area contributed by atoms with Crippen LogP contribution in [0.1, 0.15) is 0 Å². The summed E-state index contributed by atoms with van der Waals surface area (Å²) in [6, 6.07) is 13.2. The van der Waals surface area contributed by atoms with Crippen molar-refractivity contribution < 1.29 is 0 Å². The Morgan fingerprint density at radius 3 is 2.31 bits per heavy atom. The van der Waals surface area contributed by atoms with E-state index < -0.39 is 0 Å². The maximum absolute atomic E-state index is 12.4. The van der Waals surface area contributed by atoms with Gasteiger partial charge in [-0.1, -0.05) is 41.9 Å². The van der Waals surface area contributed by atoms with E-state index in [9.17, 15) is 9.59 Å². The molecular formula is C20H16ClN3O2. The van der Waals surface area contributed by atoms with E-state index in [4.69, 9.17) is 11.6 Å². The number of halogens is 1. The Morgan fingerprint density at radius 1 is 0.885 bits per heavy atom. The summed E-state index contributed by atoms with van der Waals surface area (Å²) in [5.74, 6) is 0. The van der Waals surface area contributed by atoms with Crippen molar-refractivity contribution >= 4 is 22.5 Å². The molecule has 3 heterocycles. The lowest BCUT2D eigenvalue weighted by Crippen LogP contribution is -2.18. The summed E-state index contributed by atoms with van der Waals surface area (Å²) in [5.41, 5.74) is 3.57. The molecule has 0 saturated carbocycles. The van der Waals surface area contributed by atoms with Crippen LogP contribution in [0, 0.1) is 0 Å². The number of pyridine rings is 2. The third-order valence-corrected chi connectivity index (χ3v) is 4.74. The summed E-state index contributed by atoms with van der Waals surface area (Å²) in [6.07, 6.45) is 3.56. The molecule has 0 aliphatic carbocycles. The largest absolute Gasteiger partial charge is 0.341 e. The SMILES string of the molecule is Cn1cc(-c2ccccc2)c(-c2cn(C)c(=O)c3[nH]c(Cl)cc23)cc1=O. The third-order valence-electron chi connectivity index (χ3n) is 4.54. The first-order chi connectivity index (χ1) is 12.5. The molecule has 0 atom stereocenters. The van der Waals surface area contributed by atoms with E-state index in [0.717, 1.165) is 22.3 Å². The molecule has 1 N–H and O–H groups in total. The topological polar surface area (TPSA) is 59.8 Å². The van der Waals surface area contributed by atoms with E-state index in [0.29, 0.717) is 16.1 Å². The molecule has 4 aromatic rings. The lowest BCUT2D eigenvalue weighted by Gasteiger charge is -2.14. The number of aromatic amines is 1. The number of aromatic nitrogens is 3. The van der Waals surface area contributed by atoms with Gasteiger partial charge in [-0.25, -0.2) is 0 Å². The summed E-state index contributed by atoms with van der Waals surface area (Å²) >= 11 is 6.11. The highest BCUT2D eigenvalue weighted by molar-refractivity contribution is 6.31. The molecule has 0 amide bonds. The Labute approximate surface area is 154 Å². The number of nitrogens with zero attached hydrogens (tertiary/aromatic N) is 2. The number of hydrogen-bond donors (Lipinski definition) is 1. The van der Waals surface area contributed by atoms with Gasteiger partial charge in [-0.2, -0.15) is 0 Å². The van der Waals surface area contributed by atoms with Gasteiger partial charge in [0.25, 0.3) is 11.1 Å². The van der Waals surface area contributed by atoms with Crippen molar-refractivity contribution in [3.8, 4) is 22.3 Å². The van der Waals surface area contributed by atoms with Crippen LogP contribution in [-0.4, -0.2) is 14.1 Å². The molecule has 0 unspecified atom stereocenters. The predicted octanol–water partition coefficient (Wildman–Crippen LogP) is 3.55. The summed E-state index contributed by atoms with van der Waals surface area (Å²) in [5, 5.41) is 1.08. The molecule has 0 bridgehead atoms. The molecule has 0 fully saturated rings. The molecule has 1 aromatic carbocycles. The molecule has 130 valence electrons. The first-order valence-electron chi connectivity index (χ1n) is 8.10. The van der Waals surface area contributed by atoms with E-state index in [1.54, 1.807) is 37.0 Å². The Bertz CT molecular complexity index is 1250. The molecule has 5 nitrogen and oxygen atoms in total. The molecule has 0 radical (unpaired) electrons. The number of H-pyrrole nitrogens is 1. The Balaban J connectivity index is 2.14. The van der Waals surface area contributed by atoms with Crippen LogP contribution in [0.3, 0.4) is 0 Å². The summed E-state index contributed by atoms with van der Waals surface area (Å²) < 4.78 is 3.05. The lowest BCUT2D eigenvalue weighted by molar-refractivity contribution is 0.860. The summed E-state index contributed by atoms with van der Waals surface area (Å²) in [7, 11) is 3.41. The van der Waals surface area contributed by atoms with Crippen LogP contribution in [0.2, 0.25) is 5.15 Å². The third kappa shape index (κ3) is 2.57. The average Bonchev–Trinajstić information content (AvgIpc) is 3.03.